The molecule has 1 aliphatic rings. The van der Waals surface area contributed by atoms with Crippen LogP contribution in [0.15, 0.2) is 60.2 Å². The normalized spacial score (nSPS) is 13.2. The maximum absolute atomic E-state index is 12.5. The van der Waals surface area contributed by atoms with Crippen molar-refractivity contribution < 1.29 is 9.53 Å². The molecule has 0 aliphatic heterocycles. The van der Waals surface area contributed by atoms with Crippen molar-refractivity contribution in [2.24, 2.45) is 0 Å². The summed E-state index contributed by atoms with van der Waals surface area (Å²) in [6.45, 7) is 0.240. The second-order valence-electron chi connectivity index (χ2n) is 6.28. The van der Waals surface area contributed by atoms with E-state index in [2.05, 4.69) is 4.98 Å². The number of rotatable bonds is 3. The molecule has 1 aromatic heterocycles. The van der Waals surface area contributed by atoms with Crippen LogP contribution in [0.5, 0.6) is 0 Å². The van der Waals surface area contributed by atoms with Gasteiger partial charge in [0.2, 0.25) is 0 Å². The number of aromatic amines is 1. The van der Waals surface area contributed by atoms with Crippen molar-refractivity contribution in [3.8, 4) is 0 Å². The number of hydrogen-bond acceptors (Lipinski definition) is 4. The summed E-state index contributed by atoms with van der Waals surface area (Å²) >= 11 is 0. The molecule has 26 heavy (non-hydrogen) atoms. The van der Waals surface area contributed by atoms with E-state index in [1.54, 1.807) is 24.3 Å². The summed E-state index contributed by atoms with van der Waals surface area (Å²) in [7, 11) is 0. The van der Waals surface area contributed by atoms with Gasteiger partial charge in [0.25, 0.3) is 0 Å². The Kier molecular flexibility index (Phi) is 3.97. The molecule has 0 amide bonds. The minimum absolute atomic E-state index is 0.240. The first-order valence-corrected chi connectivity index (χ1v) is 8.41. The number of nitrogen functional groups attached to an aromatic ring is 2. The molecule has 5 nitrogen and oxygen atoms in total. The molecule has 1 aliphatic carbocycles. The van der Waals surface area contributed by atoms with Crippen LogP contribution in [0.1, 0.15) is 16.8 Å². The van der Waals surface area contributed by atoms with Crippen molar-refractivity contribution in [1.82, 2.24) is 4.98 Å². The Balaban J connectivity index is 1.65. The van der Waals surface area contributed by atoms with E-state index >= 15 is 0 Å². The number of fused-ring (bicyclic) bond motifs is 3. The maximum atomic E-state index is 12.5. The molecule has 5 N–H and O–H groups in total. The van der Waals surface area contributed by atoms with Crippen LogP contribution in [0.2, 0.25) is 0 Å². The van der Waals surface area contributed by atoms with E-state index in [0.29, 0.717) is 23.4 Å². The lowest BCUT2D eigenvalue weighted by Gasteiger charge is -2.05. The molecule has 0 atom stereocenters. The highest BCUT2D eigenvalue weighted by Crippen LogP contribution is 2.34. The summed E-state index contributed by atoms with van der Waals surface area (Å²) in [5, 5.41) is 0.916. The van der Waals surface area contributed by atoms with Gasteiger partial charge in [-0.1, -0.05) is 42.5 Å². The Morgan fingerprint density at radius 1 is 1.08 bits per heavy atom. The largest absolute Gasteiger partial charge is 0.457 e. The lowest BCUT2D eigenvalue weighted by Crippen LogP contribution is -2.06. The van der Waals surface area contributed by atoms with Crippen LogP contribution in [-0.2, 0) is 22.6 Å². The van der Waals surface area contributed by atoms with Gasteiger partial charge in [0.15, 0.2) is 0 Å². The van der Waals surface area contributed by atoms with Gasteiger partial charge in [0, 0.05) is 16.8 Å². The lowest BCUT2D eigenvalue weighted by atomic mass is 10.1. The number of anilines is 2. The molecule has 0 fully saturated rings. The van der Waals surface area contributed by atoms with Gasteiger partial charge >= 0.3 is 5.97 Å². The van der Waals surface area contributed by atoms with E-state index in [9.17, 15) is 4.79 Å². The zero-order chi connectivity index (χ0) is 18.1. The number of benzene rings is 2. The lowest BCUT2D eigenvalue weighted by molar-refractivity contribution is -0.139. The fraction of sp³-hybridized carbons (Fsp3) is 0.0952. The van der Waals surface area contributed by atoms with Crippen LogP contribution < -0.4 is 11.5 Å². The van der Waals surface area contributed by atoms with Gasteiger partial charge in [0.05, 0.1) is 16.8 Å². The minimum atomic E-state index is -0.363. The molecule has 0 saturated heterocycles. The Hall–Kier alpha value is -3.47. The number of nitrogens with two attached hydrogens (primary N) is 2. The van der Waals surface area contributed by atoms with Gasteiger partial charge in [-0.15, -0.1) is 0 Å². The van der Waals surface area contributed by atoms with Gasteiger partial charge < -0.3 is 21.2 Å². The van der Waals surface area contributed by atoms with Crippen LogP contribution in [0, 0.1) is 0 Å². The van der Waals surface area contributed by atoms with Gasteiger partial charge in [0.1, 0.15) is 6.61 Å². The molecule has 1 heterocycles. The van der Waals surface area contributed by atoms with Gasteiger partial charge in [-0.2, -0.15) is 0 Å². The van der Waals surface area contributed by atoms with Crippen LogP contribution in [0.3, 0.4) is 0 Å². The molecule has 0 unspecified atom stereocenters. The number of nitrogens with one attached hydrogen (secondary N) is 1. The van der Waals surface area contributed by atoms with Gasteiger partial charge in [-0.05, 0) is 35.8 Å². The molecular weight excluding hydrogens is 326 g/mol. The fourth-order valence-electron chi connectivity index (χ4n) is 3.22. The first-order chi connectivity index (χ1) is 12.6. The molecule has 0 radical (unpaired) electrons. The third-order valence-corrected chi connectivity index (χ3v) is 4.52. The highest BCUT2D eigenvalue weighted by Gasteiger charge is 2.18. The summed E-state index contributed by atoms with van der Waals surface area (Å²) in [5.74, 6) is -0.363. The summed E-state index contributed by atoms with van der Waals surface area (Å²) in [5.41, 5.74) is 17.6. The standard InChI is InChI=1S/C21H19N3O2/c22-16-9-10-17(23)20-19(16)15-8-4-7-14(11-18(15)24-20)21(25)26-12-13-5-2-1-3-6-13/h1-7,9-11,24H,8,12,22-23H2. The number of hydrogen-bond donors (Lipinski definition) is 3. The van der Waals surface area contributed by atoms with Crippen molar-refractivity contribution in [1.29, 1.82) is 0 Å². The third-order valence-electron chi connectivity index (χ3n) is 4.52. The number of aromatic nitrogens is 1. The van der Waals surface area contributed by atoms with Crippen molar-refractivity contribution in [3.63, 3.8) is 0 Å². The van der Waals surface area contributed by atoms with Crippen LogP contribution >= 0.6 is 0 Å². The SMILES string of the molecule is Nc1ccc(N)c2c3c([nH]c12)C=C(C(=O)OCc1ccccc1)C=CC3. The molecule has 130 valence electrons. The Labute approximate surface area is 151 Å². The molecule has 5 heteroatoms. The number of allylic oxidation sites excluding steroid dienone is 1. The van der Waals surface area contributed by atoms with Crippen molar-refractivity contribution in [2.45, 2.75) is 13.0 Å². The number of carbonyl (C=O) groups excluding carboxylic acids is 1. The summed E-state index contributed by atoms with van der Waals surface area (Å²) in [6.07, 6.45) is 6.19. The zero-order valence-electron chi connectivity index (χ0n) is 14.2. The molecule has 3 aromatic rings. The van der Waals surface area contributed by atoms with E-state index in [1.807, 2.05) is 36.4 Å². The highest BCUT2D eigenvalue weighted by molar-refractivity contribution is 6.05. The van der Waals surface area contributed by atoms with Crippen LogP contribution in [0.25, 0.3) is 17.0 Å². The van der Waals surface area contributed by atoms with Crippen LogP contribution in [0.4, 0.5) is 11.4 Å². The zero-order valence-corrected chi connectivity index (χ0v) is 14.2. The monoisotopic (exact) mass is 345 g/mol. The first kappa shape index (κ1) is 16.0. The number of esters is 1. The number of H-pyrrole nitrogens is 1. The van der Waals surface area contributed by atoms with Gasteiger partial charge in [-0.25, -0.2) is 4.79 Å². The smallest absolute Gasteiger partial charge is 0.338 e. The van der Waals surface area contributed by atoms with Crippen molar-refractivity contribution >= 4 is 34.3 Å². The Morgan fingerprint density at radius 2 is 1.85 bits per heavy atom. The van der Waals surface area contributed by atoms with Gasteiger partial charge in [-0.3, -0.25) is 0 Å². The quantitative estimate of drug-likeness (QED) is 0.499. The molecule has 4 rings (SSSR count). The number of ether oxygens (including phenoxy) is 1. The molecule has 0 bridgehead atoms. The maximum Gasteiger partial charge on any atom is 0.338 e. The summed E-state index contributed by atoms with van der Waals surface area (Å²) in [6, 6.07) is 13.2. The molecule has 0 saturated carbocycles. The third kappa shape index (κ3) is 2.84. The predicted octanol–water partition coefficient (Wildman–Crippen LogP) is 3.57. The van der Waals surface area contributed by atoms with E-state index < -0.39 is 0 Å². The Bertz CT molecular complexity index is 1050. The average molecular weight is 345 g/mol. The minimum Gasteiger partial charge on any atom is -0.457 e. The second-order valence-corrected chi connectivity index (χ2v) is 6.28. The average Bonchev–Trinajstić information content (AvgIpc) is 2.90. The summed E-state index contributed by atoms with van der Waals surface area (Å²) in [4.78, 5) is 15.8. The molecule has 2 aromatic carbocycles. The van der Waals surface area contributed by atoms with Crippen LogP contribution in [-0.4, -0.2) is 11.0 Å². The van der Waals surface area contributed by atoms with Crippen molar-refractivity contribution in [2.75, 3.05) is 11.5 Å². The van der Waals surface area contributed by atoms with Crippen molar-refractivity contribution in [3.05, 3.63) is 77.0 Å². The highest BCUT2D eigenvalue weighted by atomic mass is 16.5. The first-order valence-electron chi connectivity index (χ1n) is 8.41. The topological polar surface area (TPSA) is 94.1 Å². The fourth-order valence-corrected chi connectivity index (χ4v) is 3.22. The molecule has 0 spiro atoms. The summed E-state index contributed by atoms with van der Waals surface area (Å²) < 4.78 is 5.44. The van der Waals surface area contributed by atoms with E-state index in [-0.39, 0.29) is 12.6 Å². The van der Waals surface area contributed by atoms with E-state index in [4.69, 9.17) is 16.2 Å². The van der Waals surface area contributed by atoms with E-state index in [0.717, 1.165) is 27.7 Å². The Morgan fingerprint density at radius 3 is 2.65 bits per heavy atom. The molecular formula is C21H19N3O2. The second kappa shape index (κ2) is 6.44. The van der Waals surface area contributed by atoms with E-state index in [1.165, 1.54) is 0 Å². The number of carbonyl (C=O) groups is 1. The predicted molar refractivity (Wildman–Crippen MR) is 104 cm³/mol.